The molecule has 0 aliphatic heterocycles. The molecule has 112 valence electrons. The van der Waals surface area contributed by atoms with Crippen LogP contribution in [0.15, 0.2) is 37.0 Å². The summed E-state index contributed by atoms with van der Waals surface area (Å²) in [5, 5.41) is 2.78. The molecular formula is C17H27NO2. The molecule has 1 aliphatic rings. The van der Waals surface area contributed by atoms with Crippen LogP contribution in [0.2, 0.25) is 0 Å². The normalized spacial score (nSPS) is 23.2. The summed E-state index contributed by atoms with van der Waals surface area (Å²) in [6.07, 6.45) is 9.46. The van der Waals surface area contributed by atoms with Crippen molar-refractivity contribution in [3.8, 4) is 0 Å². The molecule has 2 atom stereocenters. The second kappa shape index (κ2) is 8.62. The average Bonchev–Trinajstić information content (AvgIpc) is 2.43. The van der Waals surface area contributed by atoms with Crippen LogP contribution < -0.4 is 5.32 Å². The number of alkyl carbamates (subject to hydrolysis) is 1. The molecule has 20 heavy (non-hydrogen) atoms. The molecule has 0 saturated heterocycles. The highest BCUT2D eigenvalue weighted by Gasteiger charge is 2.30. The van der Waals surface area contributed by atoms with Crippen molar-refractivity contribution in [3.63, 3.8) is 0 Å². The van der Waals surface area contributed by atoms with Crippen molar-refractivity contribution >= 4 is 6.09 Å². The molecule has 0 bridgehead atoms. The van der Waals surface area contributed by atoms with Crippen LogP contribution in [-0.4, -0.2) is 18.7 Å². The van der Waals surface area contributed by atoms with E-state index in [-0.39, 0.29) is 12.2 Å². The largest absolute Gasteiger partial charge is 0.446 e. The van der Waals surface area contributed by atoms with Crippen LogP contribution >= 0.6 is 0 Å². The van der Waals surface area contributed by atoms with Crippen molar-refractivity contribution in [2.24, 2.45) is 11.8 Å². The van der Waals surface area contributed by atoms with E-state index in [9.17, 15) is 4.79 Å². The van der Waals surface area contributed by atoms with Crippen molar-refractivity contribution in [1.82, 2.24) is 5.32 Å². The molecule has 1 amide bonds. The monoisotopic (exact) mass is 277 g/mol. The number of hydrogen-bond donors (Lipinski definition) is 1. The molecule has 1 aliphatic carbocycles. The molecule has 1 rings (SSSR count). The number of allylic oxidation sites excluding steroid dienone is 2. The first-order valence-corrected chi connectivity index (χ1v) is 7.47. The summed E-state index contributed by atoms with van der Waals surface area (Å²) in [4.78, 5) is 11.9. The third-order valence-corrected chi connectivity index (χ3v) is 3.90. The minimum Gasteiger partial charge on any atom is -0.446 e. The summed E-state index contributed by atoms with van der Waals surface area (Å²) in [7, 11) is 0. The predicted molar refractivity (Wildman–Crippen MR) is 83.5 cm³/mol. The maximum atomic E-state index is 11.9. The Labute approximate surface area is 122 Å². The van der Waals surface area contributed by atoms with E-state index in [1.165, 1.54) is 6.42 Å². The van der Waals surface area contributed by atoms with E-state index in [1.54, 1.807) is 12.2 Å². The van der Waals surface area contributed by atoms with Crippen LogP contribution in [0.3, 0.4) is 0 Å². The van der Waals surface area contributed by atoms with Gasteiger partial charge in [0.1, 0.15) is 6.10 Å². The van der Waals surface area contributed by atoms with Gasteiger partial charge in [0.05, 0.1) is 0 Å². The van der Waals surface area contributed by atoms with Gasteiger partial charge in [0.2, 0.25) is 0 Å². The van der Waals surface area contributed by atoms with Crippen molar-refractivity contribution in [3.05, 3.63) is 37.0 Å². The van der Waals surface area contributed by atoms with E-state index in [1.807, 2.05) is 6.08 Å². The predicted octanol–water partition coefficient (Wildman–Crippen LogP) is 4.23. The zero-order valence-corrected chi connectivity index (χ0v) is 12.7. The van der Waals surface area contributed by atoms with Gasteiger partial charge in [0, 0.05) is 6.54 Å². The maximum Gasteiger partial charge on any atom is 0.407 e. The van der Waals surface area contributed by atoms with Gasteiger partial charge in [0.15, 0.2) is 0 Å². The van der Waals surface area contributed by atoms with E-state index < -0.39 is 0 Å². The molecular weight excluding hydrogens is 250 g/mol. The smallest absolute Gasteiger partial charge is 0.407 e. The highest BCUT2D eigenvalue weighted by atomic mass is 16.6. The second-order valence-electron chi connectivity index (χ2n) is 5.67. The third kappa shape index (κ3) is 5.24. The first-order valence-electron chi connectivity index (χ1n) is 7.47. The number of carbonyl (C=O) groups excluding carboxylic acids is 1. The molecule has 3 nitrogen and oxygen atoms in total. The number of hydrogen-bond acceptors (Lipinski definition) is 2. The van der Waals surface area contributed by atoms with Crippen molar-refractivity contribution < 1.29 is 9.53 Å². The fourth-order valence-electron chi connectivity index (χ4n) is 2.74. The van der Waals surface area contributed by atoms with Gasteiger partial charge in [-0.3, -0.25) is 0 Å². The highest BCUT2D eigenvalue weighted by molar-refractivity contribution is 5.68. The van der Waals surface area contributed by atoms with E-state index in [4.69, 9.17) is 4.74 Å². The lowest BCUT2D eigenvalue weighted by atomic mass is 9.79. The quantitative estimate of drug-likeness (QED) is 0.738. The standard InChI is InChI=1S/C17H27NO2/c1-5-9-14(6-2)12-18-17(19)20-16-11-8-7-10-15(16)13(3)4/h5-6,9,13,15-16H,1-2,7-8,10-12H2,3-4H3,(H,18,19)/b14-9+. The Balaban J connectivity index is 2.46. The molecule has 1 saturated carbocycles. The Hall–Kier alpha value is -1.51. The average molecular weight is 277 g/mol. The molecule has 0 spiro atoms. The van der Waals surface area contributed by atoms with Crippen LogP contribution in [0.1, 0.15) is 39.5 Å². The lowest BCUT2D eigenvalue weighted by molar-refractivity contribution is 0.0208. The molecule has 0 aromatic heterocycles. The van der Waals surface area contributed by atoms with Crippen LogP contribution in [0, 0.1) is 11.8 Å². The van der Waals surface area contributed by atoms with Gasteiger partial charge < -0.3 is 10.1 Å². The first-order chi connectivity index (χ1) is 9.58. The molecule has 0 radical (unpaired) electrons. The number of ether oxygens (including phenoxy) is 1. The van der Waals surface area contributed by atoms with E-state index >= 15 is 0 Å². The van der Waals surface area contributed by atoms with Gasteiger partial charge in [-0.2, -0.15) is 0 Å². The number of carbonyl (C=O) groups is 1. The molecule has 2 unspecified atom stereocenters. The lowest BCUT2D eigenvalue weighted by Gasteiger charge is -2.33. The van der Waals surface area contributed by atoms with Crippen LogP contribution in [0.4, 0.5) is 4.79 Å². The molecule has 1 N–H and O–H groups in total. The number of rotatable bonds is 6. The fourth-order valence-corrected chi connectivity index (χ4v) is 2.74. The summed E-state index contributed by atoms with van der Waals surface area (Å²) in [6.45, 7) is 12.2. The van der Waals surface area contributed by atoms with Gasteiger partial charge >= 0.3 is 6.09 Å². The minimum atomic E-state index is -0.334. The van der Waals surface area contributed by atoms with Gasteiger partial charge in [-0.25, -0.2) is 4.79 Å². The summed E-state index contributed by atoms with van der Waals surface area (Å²) in [6, 6.07) is 0. The second-order valence-corrected chi connectivity index (χ2v) is 5.67. The molecule has 3 heteroatoms. The van der Waals surface area contributed by atoms with Crippen molar-refractivity contribution in [2.75, 3.05) is 6.54 Å². The Kier molecular flexibility index (Phi) is 7.13. The summed E-state index contributed by atoms with van der Waals surface area (Å²) in [5.41, 5.74) is 0.918. The van der Waals surface area contributed by atoms with Crippen LogP contribution in [0.25, 0.3) is 0 Å². The SMILES string of the molecule is C=C/C=C(\C=C)CNC(=O)OC1CCCCC1C(C)C. The maximum absolute atomic E-state index is 11.9. The van der Waals surface area contributed by atoms with Crippen molar-refractivity contribution in [1.29, 1.82) is 0 Å². The summed E-state index contributed by atoms with van der Waals surface area (Å²) >= 11 is 0. The van der Waals surface area contributed by atoms with E-state index in [0.29, 0.717) is 18.4 Å². The molecule has 1 fully saturated rings. The van der Waals surface area contributed by atoms with Gasteiger partial charge in [-0.15, -0.1) is 0 Å². The summed E-state index contributed by atoms with van der Waals surface area (Å²) in [5.74, 6) is 1.04. The van der Waals surface area contributed by atoms with Gasteiger partial charge in [-0.1, -0.05) is 51.7 Å². The van der Waals surface area contributed by atoms with Crippen LogP contribution in [0.5, 0.6) is 0 Å². The minimum absolute atomic E-state index is 0.0549. The molecule has 0 aromatic carbocycles. The third-order valence-electron chi connectivity index (χ3n) is 3.90. The zero-order chi connectivity index (χ0) is 15.0. The summed E-state index contributed by atoms with van der Waals surface area (Å²) < 4.78 is 5.60. The highest BCUT2D eigenvalue weighted by Crippen LogP contribution is 2.32. The fraction of sp³-hybridized carbons (Fsp3) is 0.588. The Morgan fingerprint density at radius 2 is 2.05 bits per heavy atom. The molecule has 0 heterocycles. The van der Waals surface area contributed by atoms with E-state index in [2.05, 4.69) is 32.3 Å². The lowest BCUT2D eigenvalue weighted by Crippen LogP contribution is -2.37. The number of amides is 1. The number of nitrogens with one attached hydrogen (secondary N) is 1. The topological polar surface area (TPSA) is 38.3 Å². The van der Waals surface area contributed by atoms with E-state index in [0.717, 1.165) is 24.8 Å². The first kappa shape index (κ1) is 16.5. The zero-order valence-electron chi connectivity index (χ0n) is 12.7. The van der Waals surface area contributed by atoms with Gasteiger partial charge in [-0.05, 0) is 36.7 Å². The molecule has 0 aromatic rings. The Bertz CT molecular complexity index is 371. The van der Waals surface area contributed by atoms with Crippen molar-refractivity contribution in [2.45, 2.75) is 45.6 Å². The van der Waals surface area contributed by atoms with Crippen LogP contribution in [-0.2, 0) is 4.74 Å². The van der Waals surface area contributed by atoms with Gasteiger partial charge in [0.25, 0.3) is 0 Å². The Morgan fingerprint density at radius 3 is 2.65 bits per heavy atom. The Morgan fingerprint density at radius 1 is 1.35 bits per heavy atom.